The molecule has 4 atom stereocenters. The summed E-state index contributed by atoms with van der Waals surface area (Å²) in [6.45, 7) is 4.97. The second kappa shape index (κ2) is 6.05. The minimum atomic E-state index is -0.0374. The third-order valence-corrected chi connectivity index (χ3v) is 6.02. The van der Waals surface area contributed by atoms with Crippen molar-refractivity contribution in [2.45, 2.75) is 58.2 Å². The van der Waals surface area contributed by atoms with Crippen LogP contribution >= 0.6 is 11.3 Å². The highest BCUT2D eigenvalue weighted by molar-refractivity contribution is 7.11. The van der Waals surface area contributed by atoms with E-state index >= 15 is 0 Å². The average molecular weight is 307 g/mol. The van der Waals surface area contributed by atoms with Gasteiger partial charge in [0, 0.05) is 17.1 Å². The quantitative estimate of drug-likeness (QED) is 0.933. The van der Waals surface area contributed by atoms with E-state index in [0.717, 1.165) is 18.0 Å². The first kappa shape index (κ1) is 15.0. The van der Waals surface area contributed by atoms with Gasteiger partial charge in [-0.25, -0.2) is 4.98 Å². The Morgan fingerprint density at radius 3 is 2.95 bits per heavy atom. The van der Waals surface area contributed by atoms with Gasteiger partial charge in [0.25, 0.3) is 0 Å². The first-order chi connectivity index (χ1) is 10.1. The highest BCUT2D eigenvalue weighted by atomic mass is 32.1. The topological polar surface area (TPSA) is 45.2 Å². The predicted molar refractivity (Wildman–Crippen MR) is 85.2 cm³/mol. The Morgan fingerprint density at radius 2 is 2.29 bits per heavy atom. The molecule has 1 aliphatic heterocycles. The Balaban J connectivity index is 1.87. The van der Waals surface area contributed by atoms with E-state index in [2.05, 4.69) is 22.1 Å². The number of likely N-dealkylation sites (tertiary alicyclic amines) is 1. The second-order valence-corrected chi connectivity index (χ2v) is 7.87. The molecular formula is C16H25N3OS. The maximum absolute atomic E-state index is 13.0. The molecule has 4 unspecified atom stereocenters. The maximum atomic E-state index is 13.0. The van der Waals surface area contributed by atoms with Gasteiger partial charge in [-0.3, -0.25) is 4.79 Å². The first-order valence-electron chi connectivity index (χ1n) is 7.99. The van der Waals surface area contributed by atoms with E-state index in [1.165, 1.54) is 24.1 Å². The van der Waals surface area contributed by atoms with Crippen molar-refractivity contribution in [3.63, 3.8) is 0 Å². The van der Waals surface area contributed by atoms with Gasteiger partial charge in [0.1, 0.15) is 0 Å². The lowest BCUT2D eigenvalue weighted by Gasteiger charge is -2.31. The number of rotatable bonds is 3. The largest absolute Gasteiger partial charge is 0.333 e. The van der Waals surface area contributed by atoms with Crippen LogP contribution in [-0.4, -0.2) is 34.9 Å². The lowest BCUT2D eigenvalue weighted by atomic mass is 9.90. The molecule has 116 valence electrons. The molecule has 2 aliphatic rings. The summed E-state index contributed by atoms with van der Waals surface area (Å²) in [5.41, 5.74) is 0. The van der Waals surface area contributed by atoms with Gasteiger partial charge in [0.05, 0.1) is 17.6 Å². The number of carbonyl (C=O) groups is 1. The van der Waals surface area contributed by atoms with Crippen LogP contribution < -0.4 is 5.32 Å². The molecule has 1 aliphatic carbocycles. The van der Waals surface area contributed by atoms with E-state index < -0.39 is 0 Å². The zero-order chi connectivity index (χ0) is 15.0. The van der Waals surface area contributed by atoms with Gasteiger partial charge in [-0.2, -0.15) is 0 Å². The van der Waals surface area contributed by atoms with Crippen molar-refractivity contribution in [3.05, 3.63) is 16.1 Å². The SMILES string of the molecule is CNC1C(=O)N(Cc2cnc(C)s2)C2CCCC2CC1C. The molecule has 1 saturated heterocycles. The Kier molecular flexibility index (Phi) is 4.31. The fraction of sp³-hybridized carbons (Fsp3) is 0.750. The zero-order valence-electron chi connectivity index (χ0n) is 13.1. The average Bonchev–Trinajstić information content (AvgIpc) is 3.04. The van der Waals surface area contributed by atoms with Gasteiger partial charge in [-0.1, -0.05) is 13.3 Å². The van der Waals surface area contributed by atoms with E-state index in [4.69, 9.17) is 0 Å². The molecule has 0 bridgehead atoms. The third-order valence-electron chi connectivity index (χ3n) is 5.12. The smallest absolute Gasteiger partial charge is 0.240 e. The number of thiazole rings is 1. The molecular weight excluding hydrogens is 282 g/mol. The van der Waals surface area contributed by atoms with Crippen molar-refractivity contribution in [2.24, 2.45) is 11.8 Å². The number of carbonyl (C=O) groups excluding carboxylic acids is 1. The number of hydrogen-bond acceptors (Lipinski definition) is 4. The fourth-order valence-electron chi connectivity index (χ4n) is 4.15. The second-order valence-electron chi connectivity index (χ2n) is 6.55. The number of aryl methyl sites for hydroxylation is 1. The number of amides is 1. The van der Waals surface area contributed by atoms with Gasteiger partial charge in [0.2, 0.25) is 5.91 Å². The minimum Gasteiger partial charge on any atom is -0.333 e. The van der Waals surface area contributed by atoms with Crippen molar-refractivity contribution in [1.29, 1.82) is 0 Å². The molecule has 0 radical (unpaired) electrons. The minimum absolute atomic E-state index is 0.0374. The number of nitrogens with zero attached hydrogens (tertiary/aromatic N) is 2. The summed E-state index contributed by atoms with van der Waals surface area (Å²) in [5.74, 6) is 1.38. The summed E-state index contributed by atoms with van der Waals surface area (Å²) >= 11 is 1.71. The molecule has 3 rings (SSSR count). The molecule has 2 heterocycles. The molecule has 1 aromatic heterocycles. The monoisotopic (exact) mass is 307 g/mol. The summed E-state index contributed by atoms with van der Waals surface area (Å²) in [5, 5.41) is 4.33. The fourth-order valence-corrected chi connectivity index (χ4v) is 4.94. The van der Waals surface area contributed by atoms with E-state index in [9.17, 15) is 4.79 Å². The van der Waals surface area contributed by atoms with Crippen LogP contribution in [0.25, 0.3) is 0 Å². The van der Waals surface area contributed by atoms with Crippen LogP contribution in [0.5, 0.6) is 0 Å². The highest BCUT2D eigenvalue weighted by Crippen LogP contribution is 2.39. The number of aromatic nitrogens is 1. The molecule has 1 aromatic rings. The van der Waals surface area contributed by atoms with E-state index in [-0.39, 0.29) is 11.9 Å². The van der Waals surface area contributed by atoms with Crippen LogP contribution in [0.2, 0.25) is 0 Å². The first-order valence-corrected chi connectivity index (χ1v) is 8.81. The summed E-state index contributed by atoms with van der Waals surface area (Å²) in [6.07, 6.45) is 6.80. The van der Waals surface area contributed by atoms with Crippen molar-refractivity contribution in [1.82, 2.24) is 15.2 Å². The summed E-state index contributed by atoms with van der Waals surface area (Å²) in [4.78, 5) is 20.7. The van der Waals surface area contributed by atoms with Crippen LogP contribution in [0.3, 0.4) is 0 Å². The molecule has 0 aromatic carbocycles. The van der Waals surface area contributed by atoms with Gasteiger partial charge >= 0.3 is 0 Å². The predicted octanol–water partition coefficient (Wildman–Crippen LogP) is 2.58. The lowest BCUT2D eigenvalue weighted by molar-refractivity contribution is -0.136. The molecule has 4 nitrogen and oxygen atoms in total. The maximum Gasteiger partial charge on any atom is 0.240 e. The molecule has 21 heavy (non-hydrogen) atoms. The summed E-state index contributed by atoms with van der Waals surface area (Å²) < 4.78 is 0. The number of nitrogens with one attached hydrogen (secondary N) is 1. The van der Waals surface area contributed by atoms with Crippen molar-refractivity contribution >= 4 is 17.2 Å². The molecule has 1 N–H and O–H groups in total. The number of hydrogen-bond donors (Lipinski definition) is 1. The van der Waals surface area contributed by atoms with Crippen molar-refractivity contribution in [2.75, 3.05) is 7.05 Å². The highest BCUT2D eigenvalue weighted by Gasteiger charge is 2.43. The standard InChI is InChI=1S/C16H25N3OS/c1-10-7-12-5-4-6-14(12)19(16(20)15(10)17-3)9-13-8-18-11(2)21-13/h8,10,12,14-15,17H,4-7,9H2,1-3H3. The van der Waals surface area contributed by atoms with E-state index in [1.807, 2.05) is 20.2 Å². The van der Waals surface area contributed by atoms with Gasteiger partial charge < -0.3 is 10.2 Å². The molecule has 0 spiro atoms. The number of likely N-dealkylation sites (N-methyl/N-ethyl adjacent to an activating group) is 1. The van der Waals surface area contributed by atoms with Crippen LogP contribution in [-0.2, 0) is 11.3 Å². The van der Waals surface area contributed by atoms with Gasteiger partial charge in [-0.15, -0.1) is 11.3 Å². The normalized spacial score (nSPS) is 33.1. The third kappa shape index (κ3) is 2.86. The molecule has 1 saturated carbocycles. The van der Waals surface area contributed by atoms with Crippen LogP contribution in [0.15, 0.2) is 6.20 Å². The van der Waals surface area contributed by atoms with Crippen molar-refractivity contribution in [3.8, 4) is 0 Å². The Labute approximate surface area is 130 Å². The van der Waals surface area contributed by atoms with Gasteiger partial charge in [0.15, 0.2) is 0 Å². The van der Waals surface area contributed by atoms with Gasteiger partial charge in [-0.05, 0) is 45.1 Å². The summed E-state index contributed by atoms with van der Waals surface area (Å²) in [7, 11) is 1.91. The van der Waals surface area contributed by atoms with Crippen LogP contribution in [0.4, 0.5) is 0 Å². The molecule has 2 fully saturated rings. The van der Waals surface area contributed by atoms with Crippen molar-refractivity contribution < 1.29 is 4.79 Å². The molecule has 1 amide bonds. The number of fused-ring (bicyclic) bond motifs is 1. The zero-order valence-corrected chi connectivity index (χ0v) is 13.9. The molecule has 5 heteroatoms. The van der Waals surface area contributed by atoms with Crippen LogP contribution in [0, 0.1) is 18.8 Å². The van der Waals surface area contributed by atoms with E-state index in [1.54, 1.807) is 11.3 Å². The summed E-state index contributed by atoms with van der Waals surface area (Å²) in [6, 6.07) is 0.394. The van der Waals surface area contributed by atoms with Crippen LogP contribution in [0.1, 0.15) is 42.5 Å². The lowest BCUT2D eigenvalue weighted by Crippen LogP contribution is -2.49. The Bertz CT molecular complexity index is 515. The van der Waals surface area contributed by atoms with E-state index in [0.29, 0.717) is 17.9 Å². The Morgan fingerprint density at radius 1 is 1.48 bits per heavy atom. The Hall–Kier alpha value is -0.940.